The van der Waals surface area contributed by atoms with Gasteiger partial charge in [0.05, 0.1) is 11.2 Å². The maximum Gasteiger partial charge on any atom is 0.146 e. The predicted molar refractivity (Wildman–Crippen MR) is 44.6 cm³/mol. The van der Waals surface area contributed by atoms with E-state index in [-0.39, 0.29) is 0 Å². The lowest BCUT2D eigenvalue weighted by atomic mass is 10.5. The Hall–Kier alpha value is -1.03. The van der Waals surface area contributed by atoms with E-state index < -0.39 is 0 Å². The fraction of sp³-hybridized carbons (Fsp3) is 0.286. The van der Waals surface area contributed by atoms with Gasteiger partial charge in [-0.1, -0.05) is 18.3 Å². The van der Waals surface area contributed by atoms with Crippen LogP contribution in [0.5, 0.6) is 0 Å². The summed E-state index contributed by atoms with van der Waals surface area (Å²) >= 11 is 1.64. The third kappa shape index (κ3) is 1.09. The maximum absolute atomic E-state index is 4.32. The molecule has 2 aromatic heterocycles. The molecule has 0 fully saturated rings. The number of nitrogens with zero attached hydrogens (tertiary/aromatic N) is 3. The first-order valence-electron chi connectivity index (χ1n) is 3.45. The molecular weight excluding hydrogens is 158 g/mol. The lowest BCUT2D eigenvalue weighted by Crippen LogP contribution is -1.76. The van der Waals surface area contributed by atoms with Gasteiger partial charge in [-0.2, -0.15) is 0 Å². The molecule has 0 bridgehead atoms. The van der Waals surface area contributed by atoms with E-state index in [1.807, 2.05) is 0 Å². The minimum Gasteiger partial charge on any atom is -0.242 e. The lowest BCUT2D eigenvalue weighted by Gasteiger charge is -1.79. The topological polar surface area (TPSA) is 38.7 Å². The Morgan fingerprint density at radius 3 is 3.18 bits per heavy atom. The molecular formula is C7H7N3S. The van der Waals surface area contributed by atoms with Gasteiger partial charge >= 0.3 is 0 Å². The van der Waals surface area contributed by atoms with Crippen molar-refractivity contribution in [3.63, 3.8) is 0 Å². The third-order valence-corrected chi connectivity index (χ3v) is 2.54. The summed E-state index contributed by atoms with van der Waals surface area (Å²) in [6.45, 7) is 2.09. The summed E-state index contributed by atoms with van der Waals surface area (Å²) < 4.78 is 0. The molecule has 56 valence electrons. The number of thiazole rings is 1. The molecule has 0 aliphatic heterocycles. The van der Waals surface area contributed by atoms with Gasteiger partial charge in [-0.3, -0.25) is 0 Å². The van der Waals surface area contributed by atoms with Crippen molar-refractivity contribution in [3.8, 4) is 0 Å². The first-order chi connectivity index (χ1) is 5.40. The highest BCUT2D eigenvalue weighted by Gasteiger charge is 2.00. The number of rotatable bonds is 1. The van der Waals surface area contributed by atoms with Crippen LogP contribution in [0, 0.1) is 0 Å². The van der Waals surface area contributed by atoms with Crippen molar-refractivity contribution in [2.24, 2.45) is 0 Å². The lowest BCUT2D eigenvalue weighted by molar-refractivity contribution is 1.10. The molecule has 0 N–H and O–H groups in total. The van der Waals surface area contributed by atoms with E-state index in [4.69, 9.17) is 0 Å². The van der Waals surface area contributed by atoms with E-state index in [0.717, 1.165) is 21.8 Å². The molecule has 2 heterocycles. The SMILES string of the molecule is CCc1nc2cncnc2s1. The van der Waals surface area contributed by atoms with Crippen LogP contribution in [0.2, 0.25) is 0 Å². The zero-order valence-electron chi connectivity index (χ0n) is 6.11. The Kier molecular flexibility index (Phi) is 1.54. The van der Waals surface area contributed by atoms with E-state index in [9.17, 15) is 0 Å². The number of hydrogen-bond donors (Lipinski definition) is 0. The van der Waals surface area contributed by atoms with Crippen molar-refractivity contribution < 1.29 is 0 Å². The highest BCUT2D eigenvalue weighted by molar-refractivity contribution is 7.18. The first-order valence-corrected chi connectivity index (χ1v) is 4.27. The summed E-state index contributed by atoms with van der Waals surface area (Å²) in [6, 6.07) is 0. The van der Waals surface area contributed by atoms with Gasteiger partial charge in [0.25, 0.3) is 0 Å². The molecule has 11 heavy (non-hydrogen) atoms. The molecule has 4 heteroatoms. The maximum atomic E-state index is 4.32. The van der Waals surface area contributed by atoms with Crippen LogP contribution in [0.15, 0.2) is 12.5 Å². The molecule has 0 radical (unpaired) electrons. The predicted octanol–water partition coefficient (Wildman–Crippen LogP) is 1.65. The fourth-order valence-electron chi connectivity index (χ4n) is 0.886. The van der Waals surface area contributed by atoms with Crippen LogP contribution in [0.4, 0.5) is 0 Å². The number of aryl methyl sites for hydroxylation is 1. The molecule has 2 aromatic rings. The molecule has 2 rings (SSSR count). The van der Waals surface area contributed by atoms with Crippen LogP contribution >= 0.6 is 11.3 Å². The highest BCUT2D eigenvalue weighted by atomic mass is 32.1. The van der Waals surface area contributed by atoms with Gasteiger partial charge in [0.15, 0.2) is 0 Å². The van der Waals surface area contributed by atoms with Crippen molar-refractivity contribution in [2.75, 3.05) is 0 Å². The zero-order valence-corrected chi connectivity index (χ0v) is 6.93. The molecule has 0 saturated heterocycles. The summed E-state index contributed by atoms with van der Waals surface area (Å²) in [5.41, 5.74) is 0.911. The van der Waals surface area contributed by atoms with Gasteiger partial charge < -0.3 is 0 Å². The van der Waals surface area contributed by atoms with Crippen LogP contribution in [0.1, 0.15) is 11.9 Å². The van der Waals surface area contributed by atoms with Crippen molar-refractivity contribution >= 4 is 21.7 Å². The van der Waals surface area contributed by atoms with Crippen LogP contribution in [-0.2, 0) is 6.42 Å². The second-order valence-corrected chi connectivity index (χ2v) is 3.24. The molecule has 3 nitrogen and oxygen atoms in total. The van der Waals surface area contributed by atoms with Crippen LogP contribution in [0.3, 0.4) is 0 Å². The summed E-state index contributed by atoms with van der Waals surface area (Å²) in [5.74, 6) is 0. The Balaban J connectivity index is 2.69. The largest absolute Gasteiger partial charge is 0.242 e. The monoisotopic (exact) mass is 165 g/mol. The zero-order chi connectivity index (χ0) is 7.68. The molecule has 0 spiro atoms. The van der Waals surface area contributed by atoms with E-state index in [2.05, 4.69) is 21.9 Å². The van der Waals surface area contributed by atoms with Gasteiger partial charge in [0, 0.05) is 0 Å². The Bertz CT molecular complexity index is 335. The van der Waals surface area contributed by atoms with Gasteiger partial charge in [-0.25, -0.2) is 15.0 Å². The third-order valence-electron chi connectivity index (χ3n) is 1.42. The van der Waals surface area contributed by atoms with Crippen LogP contribution < -0.4 is 0 Å². The molecule has 0 unspecified atom stereocenters. The fourth-order valence-corrected chi connectivity index (χ4v) is 1.70. The van der Waals surface area contributed by atoms with Crippen molar-refractivity contribution in [1.29, 1.82) is 0 Å². The van der Waals surface area contributed by atoms with E-state index in [0.29, 0.717) is 0 Å². The second kappa shape index (κ2) is 2.54. The van der Waals surface area contributed by atoms with Gasteiger partial charge in [-0.05, 0) is 6.42 Å². The quantitative estimate of drug-likeness (QED) is 0.645. The average molecular weight is 165 g/mol. The number of aromatic nitrogens is 3. The number of hydrogen-bond acceptors (Lipinski definition) is 4. The average Bonchev–Trinajstić information content (AvgIpc) is 2.46. The molecule has 0 aliphatic carbocycles. The van der Waals surface area contributed by atoms with Crippen molar-refractivity contribution in [3.05, 3.63) is 17.5 Å². The first kappa shape index (κ1) is 6.67. The van der Waals surface area contributed by atoms with Gasteiger partial charge in [0.1, 0.15) is 16.7 Å². The molecule has 0 saturated carbocycles. The molecule has 0 aromatic carbocycles. The Morgan fingerprint density at radius 2 is 2.45 bits per heavy atom. The normalized spacial score (nSPS) is 10.6. The number of fused-ring (bicyclic) bond motifs is 1. The molecule has 0 amide bonds. The Morgan fingerprint density at radius 1 is 1.55 bits per heavy atom. The summed E-state index contributed by atoms with van der Waals surface area (Å²) in [7, 11) is 0. The summed E-state index contributed by atoms with van der Waals surface area (Å²) in [5, 5.41) is 1.13. The van der Waals surface area contributed by atoms with Crippen LogP contribution in [0.25, 0.3) is 10.3 Å². The molecule has 0 atom stereocenters. The standard InChI is InChI=1S/C7H7N3S/c1-2-6-10-5-3-8-4-9-7(5)11-6/h3-4H,2H2,1H3. The summed E-state index contributed by atoms with van der Waals surface area (Å²) in [6.07, 6.45) is 4.28. The van der Waals surface area contributed by atoms with Gasteiger partial charge in [-0.15, -0.1) is 0 Å². The minimum absolute atomic E-state index is 0.911. The Labute approximate surface area is 68.1 Å². The summed E-state index contributed by atoms with van der Waals surface area (Å²) in [4.78, 5) is 13.3. The van der Waals surface area contributed by atoms with Crippen molar-refractivity contribution in [2.45, 2.75) is 13.3 Å². The highest BCUT2D eigenvalue weighted by Crippen LogP contribution is 2.18. The van der Waals surface area contributed by atoms with E-state index in [1.165, 1.54) is 0 Å². The van der Waals surface area contributed by atoms with Crippen LogP contribution in [-0.4, -0.2) is 15.0 Å². The van der Waals surface area contributed by atoms with Gasteiger partial charge in [0.2, 0.25) is 0 Å². The smallest absolute Gasteiger partial charge is 0.146 e. The van der Waals surface area contributed by atoms with E-state index >= 15 is 0 Å². The second-order valence-electron chi connectivity index (χ2n) is 2.17. The van der Waals surface area contributed by atoms with Crippen molar-refractivity contribution in [1.82, 2.24) is 15.0 Å². The molecule has 0 aliphatic rings. The minimum atomic E-state index is 0.911. The van der Waals surface area contributed by atoms with E-state index in [1.54, 1.807) is 23.9 Å².